The van der Waals surface area contributed by atoms with Gasteiger partial charge in [0.1, 0.15) is 4.38 Å². The van der Waals surface area contributed by atoms with Gasteiger partial charge in [-0.05, 0) is 29.5 Å². The number of ether oxygens (including phenoxy) is 1. The summed E-state index contributed by atoms with van der Waals surface area (Å²) >= 11 is 3.31. The minimum atomic E-state index is -0.217. The van der Waals surface area contributed by atoms with Crippen molar-refractivity contribution in [2.75, 3.05) is 13.4 Å². The van der Waals surface area contributed by atoms with Crippen LogP contribution in [0.4, 0.5) is 5.69 Å². The highest BCUT2D eigenvalue weighted by Gasteiger charge is 2.09. The van der Waals surface area contributed by atoms with Crippen LogP contribution in [0.15, 0.2) is 59.6 Å². The van der Waals surface area contributed by atoms with Gasteiger partial charge >= 0.3 is 5.97 Å². The number of esters is 1. The average Bonchev–Trinajstić information content (AvgIpc) is 2.60. The standard InChI is InChI=1S/C18H19NO2S2/c1-21-17(20)12-14-8-6-7-9-15(14)13-23-18(22-2)19-16-10-4-3-5-11-16/h3-11H,12-13H2,1-2H3. The molecule has 0 aromatic heterocycles. The molecule has 0 spiro atoms. The summed E-state index contributed by atoms with van der Waals surface area (Å²) in [5, 5.41) is 0. The van der Waals surface area contributed by atoms with E-state index in [9.17, 15) is 4.79 Å². The predicted octanol–water partition coefficient (Wildman–Crippen LogP) is 4.69. The summed E-state index contributed by atoms with van der Waals surface area (Å²) in [7, 11) is 1.41. The average molecular weight is 345 g/mol. The first-order chi connectivity index (χ1) is 11.2. The Labute approximate surface area is 145 Å². The lowest BCUT2D eigenvalue weighted by molar-refractivity contribution is -0.139. The Morgan fingerprint density at radius 3 is 2.35 bits per heavy atom. The quantitative estimate of drug-likeness (QED) is 0.448. The first-order valence-electron chi connectivity index (χ1n) is 7.17. The fraction of sp³-hybridized carbons (Fsp3) is 0.222. The fourth-order valence-electron chi connectivity index (χ4n) is 1.98. The first kappa shape index (κ1) is 17.6. The molecule has 2 rings (SSSR count). The Morgan fingerprint density at radius 1 is 1.04 bits per heavy atom. The monoisotopic (exact) mass is 345 g/mol. The van der Waals surface area contributed by atoms with E-state index in [4.69, 9.17) is 4.74 Å². The van der Waals surface area contributed by atoms with Crippen molar-refractivity contribution in [2.24, 2.45) is 4.99 Å². The van der Waals surface area contributed by atoms with Crippen LogP contribution in [0.5, 0.6) is 0 Å². The van der Waals surface area contributed by atoms with Crippen LogP contribution in [0.25, 0.3) is 0 Å². The zero-order chi connectivity index (χ0) is 16.5. The number of para-hydroxylation sites is 1. The Kier molecular flexibility index (Phi) is 7.23. The van der Waals surface area contributed by atoms with Crippen LogP contribution in [0, 0.1) is 0 Å². The minimum Gasteiger partial charge on any atom is -0.469 e. The molecule has 3 nitrogen and oxygen atoms in total. The van der Waals surface area contributed by atoms with Gasteiger partial charge in [-0.15, -0.1) is 11.8 Å². The molecule has 0 aliphatic heterocycles. The van der Waals surface area contributed by atoms with Crippen molar-refractivity contribution in [1.82, 2.24) is 0 Å². The van der Waals surface area contributed by atoms with Gasteiger partial charge in [-0.3, -0.25) is 4.79 Å². The number of rotatable bonds is 5. The predicted molar refractivity (Wildman–Crippen MR) is 101 cm³/mol. The Hall–Kier alpha value is -1.72. The summed E-state index contributed by atoms with van der Waals surface area (Å²) in [6.07, 6.45) is 2.33. The second-order valence-corrected chi connectivity index (χ2v) is 6.75. The zero-order valence-electron chi connectivity index (χ0n) is 13.2. The number of carbonyl (C=O) groups excluding carboxylic acids is 1. The molecule has 23 heavy (non-hydrogen) atoms. The number of hydrogen-bond donors (Lipinski definition) is 0. The molecule has 0 atom stereocenters. The van der Waals surface area contributed by atoms with Crippen LogP contribution >= 0.6 is 23.5 Å². The van der Waals surface area contributed by atoms with Gasteiger partial charge in [-0.25, -0.2) is 4.99 Å². The molecule has 5 heteroatoms. The van der Waals surface area contributed by atoms with Gasteiger partial charge in [-0.2, -0.15) is 0 Å². The molecule has 2 aromatic rings. The van der Waals surface area contributed by atoms with Gasteiger partial charge in [-0.1, -0.05) is 54.2 Å². The van der Waals surface area contributed by atoms with Crippen molar-refractivity contribution in [3.63, 3.8) is 0 Å². The highest BCUT2D eigenvalue weighted by molar-refractivity contribution is 8.38. The highest BCUT2D eigenvalue weighted by atomic mass is 32.2. The Balaban J connectivity index is 2.07. The lowest BCUT2D eigenvalue weighted by atomic mass is 10.1. The molecule has 0 heterocycles. The maximum atomic E-state index is 11.5. The molecule has 0 radical (unpaired) electrons. The molecular weight excluding hydrogens is 326 g/mol. The van der Waals surface area contributed by atoms with Crippen LogP contribution in [-0.2, 0) is 21.7 Å². The molecule has 0 aliphatic rings. The first-order valence-corrected chi connectivity index (χ1v) is 9.38. The van der Waals surface area contributed by atoms with Crippen LogP contribution in [0.1, 0.15) is 11.1 Å². The summed E-state index contributed by atoms with van der Waals surface area (Å²) in [6.45, 7) is 0. The van der Waals surface area contributed by atoms with E-state index in [0.29, 0.717) is 6.42 Å². The molecule has 0 fully saturated rings. The largest absolute Gasteiger partial charge is 0.469 e. The van der Waals surface area contributed by atoms with E-state index in [0.717, 1.165) is 26.9 Å². The SMILES string of the molecule is COC(=O)Cc1ccccc1CSC(=Nc1ccccc1)SC. The van der Waals surface area contributed by atoms with Gasteiger partial charge in [0, 0.05) is 5.75 Å². The second kappa shape index (κ2) is 9.43. The minimum absolute atomic E-state index is 0.217. The highest BCUT2D eigenvalue weighted by Crippen LogP contribution is 2.25. The van der Waals surface area contributed by atoms with E-state index in [2.05, 4.69) is 4.99 Å². The lowest BCUT2D eigenvalue weighted by Gasteiger charge is -2.09. The lowest BCUT2D eigenvalue weighted by Crippen LogP contribution is -2.06. The summed E-state index contributed by atoms with van der Waals surface area (Å²) in [4.78, 5) is 16.2. The third-order valence-electron chi connectivity index (χ3n) is 3.18. The number of methoxy groups -OCH3 is 1. The van der Waals surface area contributed by atoms with E-state index >= 15 is 0 Å². The molecule has 0 amide bonds. The van der Waals surface area contributed by atoms with Gasteiger partial charge < -0.3 is 4.74 Å². The number of thioether (sulfide) groups is 2. The number of nitrogens with zero attached hydrogens (tertiary/aromatic N) is 1. The Morgan fingerprint density at radius 2 is 1.70 bits per heavy atom. The maximum Gasteiger partial charge on any atom is 0.309 e. The molecule has 0 saturated heterocycles. The molecule has 0 saturated carbocycles. The summed E-state index contributed by atoms with van der Waals surface area (Å²) in [6, 6.07) is 17.9. The molecule has 0 aliphatic carbocycles. The van der Waals surface area contributed by atoms with E-state index in [-0.39, 0.29) is 5.97 Å². The van der Waals surface area contributed by atoms with Gasteiger partial charge in [0.05, 0.1) is 19.2 Å². The number of benzene rings is 2. The van der Waals surface area contributed by atoms with Gasteiger partial charge in [0.2, 0.25) is 0 Å². The molecular formula is C18H19NO2S2. The van der Waals surface area contributed by atoms with Crippen molar-refractivity contribution in [3.8, 4) is 0 Å². The molecule has 0 N–H and O–H groups in total. The molecule has 2 aromatic carbocycles. The third-order valence-corrected chi connectivity index (χ3v) is 5.27. The summed E-state index contributed by atoms with van der Waals surface area (Å²) in [5.74, 6) is 0.560. The smallest absolute Gasteiger partial charge is 0.309 e. The van der Waals surface area contributed by atoms with E-state index in [1.807, 2.05) is 60.9 Å². The van der Waals surface area contributed by atoms with Gasteiger partial charge in [0.15, 0.2) is 0 Å². The Bertz CT molecular complexity index is 672. The molecule has 120 valence electrons. The van der Waals surface area contributed by atoms with E-state index < -0.39 is 0 Å². The summed E-state index contributed by atoms with van der Waals surface area (Å²) < 4.78 is 5.77. The van der Waals surface area contributed by atoms with Crippen molar-refractivity contribution >= 4 is 39.6 Å². The van der Waals surface area contributed by atoms with Crippen molar-refractivity contribution in [1.29, 1.82) is 0 Å². The van der Waals surface area contributed by atoms with Crippen LogP contribution in [-0.4, -0.2) is 23.7 Å². The fourth-order valence-corrected chi connectivity index (χ4v) is 3.56. The topological polar surface area (TPSA) is 38.7 Å². The van der Waals surface area contributed by atoms with E-state index in [1.165, 1.54) is 7.11 Å². The van der Waals surface area contributed by atoms with Crippen molar-refractivity contribution in [3.05, 3.63) is 65.7 Å². The van der Waals surface area contributed by atoms with Crippen molar-refractivity contribution < 1.29 is 9.53 Å². The number of carbonyl (C=O) groups is 1. The van der Waals surface area contributed by atoms with Gasteiger partial charge in [0.25, 0.3) is 0 Å². The van der Waals surface area contributed by atoms with E-state index in [1.54, 1.807) is 23.5 Å². The third kappa shape index (κ3) is 5.77. The van der Waals surface area contributed by atoms with Crippen LogP contribution in [0.2, 0.25) is 0 Å². The van der Waals surface area contributed by atoms with Crippen LogP contribution in [0.3, 0.4) is 0 Å². The van der Waals surface area contributed by atoms with Crippen LogP contribution < -0.4 is 0 Å². The van der Waals surface area contributed by atoms with Crippen molar-refractivity contribution in [2.45, 2.75) is 12.2 Å². The summed E-state index contributed by atoms with van der Waals surface area (Å²) in [5.41, 5.74) is 3.09. The molecule has 0 bridgehead atoms. The number of hydrogen-bond acceptors (Lipinski definition) is 5. The normalized spacial score (nSPS) is 11.3. The maximum absolute atomic E-state index is 11.5. The number of aliphatic imine (C=N–C) groups is 1. The zero-order valence-corrected chi connectivity index (χ0v) is 14.8. The molecule has 0 unspecified atom stereocenters. The second-order valence-electron chi connectivity index (χ2n) is 4.73.